The van der Waals surface area contributed by atoms with Crippen molar-refractivity contribution in [2.24, 2.45) is 0 Å². The van der Waals surface area contributed by atoms with Crippen LogP contribution in [0, 0.1) is 0 Å². The van der Waals surface area contributed by atoms with Gasteiger partial charge in [0, 0.05) is 6.04 Å². The third-order valence-electron chi connectivity index (χ3n) is 2.78. The van der Waals surface area contributed by atoms with Crippen LogP contribution in [0.4, 0.5) is 0 Å². The van der Waals surface area contributed by atoms with Crippen LogP contribution in [0.3, 0.4) is 0 Å². The van der Waals surface area contributed by atoms with E-state index in [9.17, 15) is 9.59 Å². The molecule has 0 radical (unpaired) electrons. The van der Waals surface area contributed by atoms with Gasteiger partial charge in [-0.05, 0) is 26.2 Å². The molecule has 5 nitrogen and oxygen atoms in total. The van der Waals surface area contributed by atoms with E-state index in [1.165, 1.54) is 0 Å². The van der Waals surface area contributed by atoms with Crippen LogP contribution in [0.15, 0.2) is 0 Å². The molecule has 0 spiro atoms. The van der Waals surface area contributed by atoms with Gasteiger partial charge in [0.2, 0.25) is 5.91 Å². The van der Waals surface area contributed by atoms with Gasteiger partial charge in [-0.3, -0.25) is 9.59 Å². The first kappa shape index (κ1) is 13.0. The first-order valence-corrected chi connectivity index (χ1v) is 5.70. The minimum Gasteiger partial charge on any atom is -0.481 e. The molecule has 0 saturated carbocycles. The number of carbonyl (C=O) groups is 2. The van der Waals surface area contributed by atoms with Gasteiger partial charge in [0.1, 0.15) is 6.10 Å². The van der Waals surface area contributed by atoms with Gasteiger partial charge in [-0.15, -0.1) is 0 Å². The number of carboxylic acids is 1. The summed E-state index contributed by atoms with van der Waals surface area (Å²) in [7, 11) is 0. The number of nitrogens with one attached hydrogen (secondary N) is 1. The minimum atomic E-state index is -0.896. The Kier molecular flexibility index (Phi) is 4.73. The molecule has 1 amide bonds. The third-order valence-corrected chi connectivity index (χ3v) is 2.78. The SMILES string of the molecule is CCC(CC(=O)O)NC(=O)C1CCC(C)O1. The molecule has 1 fully saturated rings. The Bertz CT molecular complexity index is 267. The largest absolute Gasteiger partial charge is 0.481 e. The number of hydrogen-bond donors (Lipinski definition) is 2. The predicted molar refractivity (Wildman–Crippen MR) is 58.0 cm³/mol. The van der Waals surface area contributed by atoms with Crippen molar-refractivity contribution in [3.8, 4) is 0 Å². The second kappa shape index (κ2) is 5.84. The Morgan fingerprint density at radius 3 is 2.62 bits per heavy atom. The smallest absolute Gasteiger partial charge is 0.305 e. The highest BCUT2D eigenvalue weighted by Gasteiger charge is 2.29. The van der Waals surface area contributed by atoms with Gasteiger partial charge < -0.3 is 15.2 Å². The van der Waals surface area contributed by atoms with Crippen molar-refractivity contribution in [1.29, 1.82) is 0 Å². The lowest BCUT2D eigenvalue weighted by Gasteiger charge is -2.18. The number of carboxylic acid groups (broad SMARTS) is 1. The van der Waals surface area contributed by atoms with Crippen molar-refractivity contribution < 1.29 is 19.4 Å². The predicted octanol–water partition coefficient (Wildman–Crippen LogP) is 0.923. The summed E-state index contributed by atoms with van der Waals surface area (Å²) in [6.07, 6.45) is 1.89. The standard InChI is InChI=1S/C11H19NO4/c1-3-8(6-10(13)14)12-11(15)9-5-4-7(2)16-9/h7-9H,3-6H2,1-2H3,(H,12,15)(H,13,14). The van der Waals surface area contributed by atoms with E-state index in [0.29, 0.717) is 6.42 Å². The molecular formula is C11H19NO4. The molecule has 5 heteroatoms. The first-order valence-electron chi connectivity index (χ1n) is 5.70. The molecular weight excluding hydrogens is 210 g/mol. The van der Waals surface area contributed by atoms with Gasteiger partial charge in [0.15, 0.2) is 0 Å². The van der Waals surface area contributed by atoms with Crippen LogP contribution in [0.25, 0.3) is 0 Å². The Labute approximate surface area is 95.2 Å². The second-order valence-corrected chi connectivity index (χ2v) is 4.22. The van der Waals surface area contributed by atoms with Gasteiger partial charge >= 0.3 is 5.97 Å². The average Bonchev–Trinajstić information content (AvgIpc) is 2.63. The molecule has 1 heterocycles. The number of rotatable bonds is 5. The molecule has 92 valence electrons. The van der Waals surface area contributed by atoms with Gasteiger partial charge in [-0.25, -0.2) is 0 Å². The lowest BCUT2D eigenvalue weighted by Crippen LogP contribution is -2.42. The van der Waals surface area contributed by atoms with E-state index in [-0.39, 0.29) is 24.5 Å². The topological polar surface area (TPSA) is 75.6 Å². The minimum absolute atomic E-state index is 0.0372. The average molecular weight is 229 g/mol. The summed E-state index contributed by atoms with van der Waals surface area (Å²) in [5.41, 5.74) is 0. The zero-order chi connectivity index (χ0) is 12.1. The van der Waals surface area contributed by atoms with Crippen LogP contribution < -0.4 is 5.32 Å². The van der Waals surface area contributed by atoms with Crippen LogP contribution in [-0.4, -0.2) is 35.2 Å². The molecule has 0 bridgehead atoms. The lowest BCUT2D eigenvalue weighted by atomic mass is 10.1. The summed E-state index contributed by atoms with van der Waals surface area (Å²) >= 11 is 0. The molecule has 1 rings (SSSR count). The maximum atomic E-state index is 11.7. The quantitative estimate of drug-likeness (QED) is 0.735. The zero-order valence-electron chi connectivity index (χ0n) is 9.73. The number of hydrogen-bond acceptors (Lipinski definition) is 3. The summed E-state index contributed by atoms with van der Waals surface area (Å²) in [6.45, 7) is 3.79. The monoisotopic (exact) mass is 229 g/mol. The molecule has 1 aliphatic heterocycles. The maximum absolute atomic E-state index is 11.7. The molecule has 3 atom stereocenters. The molecule has 16 heavy (non-hydrogen) atoms. The summed E-state index contributed by atoms with van der Waals surface area (Å²) in [4.78, 5) is 22.3. The van der Waals surface area contributed by atoms with E-state index in [2.05, 4.69) is 5.32 Å². The maximum Gasteiger partial charge on any atom is 0.305 e. The van der Waals surface area contributed by atoms with Crippen molar-refractivity contribution in [2.75, 3.05) is 0 Å². The fourth-order valence-corrected chi connectivity index (χ4v) is 1.80. The molecule has 0 aliphatic carbocycles. The van der Waals surface area contributed by atoms with Crippen molar-refractivity contribution in [2.45, 2.75) is 57.8 Å². The van der Waals surface area contributed by atoms with Crippen LogP contribution >= 0.6 is 0 Å². The summed E-state index contributed by atoms with van der Waals surface area (Å²) in [6, 6.07) is -0.301. The van der Waals surface area contributed by atoms with E-state index < -0.39 is 12.1 Å². The summed E-state index contributed by atoms with van der Waals surface area (Å²) in [5, 5.41) is 11.4. The van der Waals surface area contributed by atoms with Gasteiger partial charge in [-0.2, -0.15) is 0 Å². The van der Waals surface area contributed by atoms with E-state index in [0.717, 1.165) is 12.8 Å². The number of aliphatic carboxylic acids is 1. The highest BCUT2D eigenvalue weighted by Crippen LogP contribution is 2.19. The Morgan fingerprint density at radius 1 is 1.50 bits per heavy atom. The van der Waals surface area contributed by atoms with E-state index >= 15 is 0 Å². The number of ether oxygens (including phenoxy) is 1. The van der Waals surface area contributed by atoms with Gasteiger partial charge in [-0.1, -0.05) is 6.92 Å². The molecule has 3 unspecified atom stereocenters. The van der Waals surface area contributed by atoms with E-state index in [1.54, 1.807) is 0 Å². The van der Waals surface area contributed by atoms with Crippen molar-refractivity contribution in [3.05, 3.63) is 0 Å². The fraction of sp³-hybridized carbons (Fsp3) is 0.818. The van der Waals surface area contributed by atoms with Crippen LogP contribution in [-0.2, 0) is 14.3 Å². The first-order chi connectivity index (χ1) is 7.52. The number of carbonyl (C=O) groups excluding carboxylic acids is 1. The Morgan fingerprint density at radius 2 is 2.19 bits per heavy atom. The van der Waals surface area contributed by atoms with Crippen molar-refractivity contribution in [1.82, 2.24) is 5.32 Å². The summed E-state index contributed by atoms with van der Waals surface area (Å²) in [5.74, 6) is -1.08. The molecule has 1 aliphatic rings. The zero-order valence-corrected chi connectivity index (χ0v) is 9.73. The fourth-order valence-electron chi connectivity index (χ4n) is 1.80. The highest BCUT2D eigenvalue weighted by molar-refractivity contribution is 5.82. The number of amides is 1. The molecule has 2 N–H and O–H groups in total. The molecule has 0 aromatic rings. The second-order valence-electron chi connectivity index (χ2n) is 4.22. The normalized spacial score (nSPS) is 26.4. The van der Waals surface area contributed by atoms with Gasteiger partial charge in [0.05, 0.1) is 12.5 Å². The molecule has 0 aromatic carbocycles. The van der Waals surface area contributed by atoms with Crippen LogP contribution in [0.2, 0.25) is 0 Å². The van der Waals surface area contributed by atoms with Crippen molar-refractivity contribution >= 4 is 11.9 Å². The Balaban J connectivity index is 2.39. The molecule has 1 saturated heterocycles. The van der Waals surface area contributed by atoms with Crippen LogP contribution in [0.5, 0.6) is 0 Å². The third kappa shape index (κ3) is 3.81. The van der Waals surface area contributed by atoms with Crippen LogP contribution in [0.1, 0.15) is 39.5 Å². The van der Waals surface area contributed by atoms with E-state index in [1.807, 2.05) is 13.8 Å². The van der Waals surface area contributed by atoms with Gasteiger partial charge in [0.25, 0.3) is 0 Å². The Hall–Kier alpha value is -1.10. The lowest BCUT2D eigenvalue weighted by molar-refractivity contribution is -0.138. The highest BCUT2D eigenvalue weighted by atomic mass is 16.5. The van der Waals surface area contributed by atoms with E-state index in [4.69, 9.17) is 9.84 Å². The molecule has 0 aromatic heterocycles. The van der Waals surface area contributed by atoms with Crippen molar-refractivity contribution in [3.63, 3.8) is 0 Å². The summed E-state index contributed by atoms with van der Waals surface area (Å²) < 4.78 is 5.41.